The Morgan fingerprint density at radius 2 is 1.80 bits per heavy atom. The fraction of sp³-hybridized carbons (Fsp3) is 0.120. The lowest BCUT2D eigenvalue weighted by atomic mass is 10.1. The third kappa shape index (κ3) is 5.38. The predicted octanol–water partition coefficient (Wildman–Crippen LogP) is 3.86. The molecule has 0 fully saturated rings. The molecule has 0 spiro atoms. The van der Waals surface area contributed by atoms with Crippen molar-refractivity contribution in [2.75, 3.05) is 12.9 Å². The number of nitrogens with one attached hydrogen (secondary N) is 1. The van der Waals surface area contributed by atoms with Crippen LogP contribution in [-0.2, 0) is 16.1 Å². The summed E-state index contributed by atoms with van der Waals surface area (Å²) in [4.78, 5) is 41.6. The van der Waals surface area contributed by atoms with Crippen LogP contribution in [0.2, 0.25) is 0 Å². The number of hydrogen-bond acceptors (Lipinski definition) is 6. The second-order valence-electron chi connectivity index (χ2n) is 7.40. The minimum Gasteiger partial charge on any atom is -0.465 e. The van der Waals surface area contributed by atoms with Crippen molar-refractivity contribution >= 4 is 34.5 Å². The maximum atomic E-state index is 14.6. The van der Waals surface area contributed by atoms with Gasteiger partial charge in [-0.2, -0.15) is 0 Å². The Bertz CT molecular complexity index is 1470. The molecule has 0 unspecified atom stereocenters. The van der Waals surface area contributed by atoms with Gasteiger partial charge in [0.05, 0.1) is 35.0 Å². The maximum Gasteiger partial charge on any atom is 0.337 e. The zero-order valence-electron chi connectivity index (χ0n) is 18.5. The molecule has 1 aromatic heterocycles. The second kappa shape index (κ2) is 10.5. The number of ether oxygens (including phenoxy) is 1. The highest BCUT2D eigenvalue weighted by atomic mass is 32.2. The molecule has 3 aromatic carbocycles. The zero-order chi connectivity index (χ0) is 24.9. The molecule has 178 valence electrons. The van der Waals surface area contributed by atoms with E-state index in [4.69, 9.17) is 0 Å². The van der Waals surface area contributed by atoms with E-state index in [0.717, 1.165) is 34.0 Å². The summed E-state index contributed by atoms with van der Waals surface area (Å²) in [6.07, 6.45) is 0. The van der Waals surface area contributed by atoms with Crippen molar-refractivity contribution in [3.05, 3.63) is 99.8 Å². The van der Waals surface area contributed by atoms with Gasteiger partial charge in [0.15, 0.2) is 5.16 Å². The number of methoxy groups -OCH3 is 1. The van der Waals surface area contributed by atoms with Gasteiger partial charge in [0.2, 0.25) is 5.91 Å². The number of benzene rings is 3. The molecule has 1 heterocycles. The van der Waals surface area contributed by atoms with Crippen molar-refractivity contribution < 1.29 is 23.1 Å². The summed E-state index contributed by atoms with van der Waals surface area (Å²) in [6.45, 7) is 0.214. The molecule has 7 nitrogen and oxygen atoms in total. The molecule has 0 aliphatic heterocycles. The van der Waals surface area contributed by atoms with E-state index in [9.17, 15) is 23.2 Å². The number of fused-ring (bicyclic) bond motifs is 1. The Morgan fingerprint density at radius 3 is 2.51 bits per heavy atom. The van der Waals surface area contributed by atoms with Crippen molar-refractivity contribution in [3.63, 3.8) is 0 Å². The zero-order valence-corrected chi connectivity index (χ0v) is 19.3. The maximum absolute atomic E-state index is 14.6. The molecule has 0 aliphatic rings. The van der Waals surface area contributed by atoms with Gasteiger partial charge >= 0.3 is 5.97 Å². The van der Waals surface area contributed by atoms with Crippen LogP contribution in [0.1, 0.15) is 15.9 Å². The summed E-state index contributed by atoms with van der Waals surface area (Å²) in [5.41, 5.74) is 0.861. The lowest BCUT2D eigenvalue weighted by Gasteiger charge is -2.14. The number of carbonyl (C=O) groups excluding carboxylic acids is 2. The largest absolute Gasteiger partial charge is 0.465 e. The molecule has 0 saturated carbocycles. The van der Waals surface area contributed by atoms with E-state index in [-0.39, 0.29) is 34.4 Å². The minimum atomic E-state index is -0.925. The highest BCUT2D eigenvalue weighted by Gasteiger charge is 2.17. The molecule has 0 radical (unpaired) electrons. The first kappa shape index (κ1) is 24.1. The van der Waals surface area contributed by atoms with E-state index in [1.54, 1.807) is 48.5 Å². The molecule has 4 aromatic rings. The van der Waals surface area contributed by atoms with E-state index in [0.29, 0.717) is 17.1 Å². The summed E-state index contributed by atoms with van der Waals surface area (Å²) < 4.78 is 33.7. The summed E-state index contributed by atoms with van der Waals surface area (Å²) in [5, 5.41) is 3.11. The Morgan fingerprint density at radius 1 is 1.06 bits per heavy atom. The first-order valence-electron chi connectivity index (χ1n) is 10.4. The van der Waals surface area contributed by atoms with Gasteiger partial charge in [0, 0.05) is 12.6 Å². The predicted molar refractivity (Wildman–Crippen MR) is 128 cm³/mol. The molecule has 0 bridgehead atoms. The average Bonchev–Trinajstić information content (AvgIpc) is 2.87. The smallest absolute Gasteiger partial charge is 0.337 e. The summed E-state index contributed by atoms with van der Waals surface area (Å²) >= 11 is 0.955. The lowest BCUT2D eigenvalue weighted by Crippen LogP contribution is -2.26. The number of rotatable bonds is 7. The number of thioether (sulfide) groups is 1. The Labute approximate surface area is 202 Å². The first-order valence-corrected chi connectivity index (χ1v) is 11.4. The molecular formula is C25H19F2N3O4S. The van der Waals surface area contributed by atoms with Crippen LogP contribution in [-0.4, -0.2) is 34.3 Å². The van der Waals surface area contributed by atoms with Crippen molar-refractivity contribution in [2.45, 2.75) is 11.7 Å². The van der Waals surface area contributed by atoms with Gasteiger partial charge in [0.25, 0.3) is 5.56 Å². The van der Waals surface area contributed by atoms with Crippen molar-refractivity contribution in [1.29, 1.82) is 0 Å². The van der Waals surface area contributed by atoms with E-state index in [2.05, 4.69) is 15.0 Å². The van der Waals surface area contributed by atoms with Crippen LogP contribution in [0.3, 0.4) is 0 Å². The van der Waals surface area contributed by atoms with Crippen LogP contribution in [0.4, 0.5) is 8.78 Å². The number of halogens is 2. The Kier molecular flexibility index (Phi) is 7.21. The first-order chi connectivity index (χ1) is 16.9. The van der Waals surface area contributed by atoms with Crippen LogP contribution in [0.15, 0.2) is 76.7 Å². The summed E-state index contributed by atoms with van der Waals surface area (Å²) in [5.74, 6) is -2.61. The standard InChI is InChI=1S/C25H19F2N3O4S/c1-34-24(33)16-8-6-15(7-9-16)13-28-22(31)14-35-25-29-20-5-3-2-4-18(20)23(32)30(25)21-11-10-17(26)12-19(21)27/h2-12H,13-14H2,1H3,(H,28,31). The molecule has 4 rings (SSSR count). The van der Waals surface area contributed by atoms with E-state index in [1.165, 1.54) is 7.11 Å². The monoisotopic (exact) mass is 495 g/mol. The minimum absolute atomic E-state index is 0.0942. The van der Waals surface area contributed by atoms with E-state index < -0.39 is 23.2 Å². The van der Waals surface area contributed by atoms with E-state index in [1.807, 2.05) is 0 Å². The molecule has 1 N–H and O–H groups in total. The van der Waals surface area contributed by atoms with Crippen LogP contribution in [0, 0.1) is 11.6 Å². The SMILES string of the molecule is COC(=O)c1ccc(CNC(=O)CSc2nc3ccccc3c(=O)n2-c2ccc(F)cc2F)cc1. The number of carbonyl (C=O) groups is 2. The van der Waals surface area contributed by atoms with Crippen molar-refractivity contribution in [3.8, 4) is 5.69 Å². The summed E-state index contributed by atoms with van der Waals surface area (Å²) in [7, 11) is 1.29. The third-order valence-electron chi connectivity index (χ3n) is 5.09. The van der Waals surface area contributed by atoms with Gasteiger partial charge in [-0.3, -0.25) is 14.2 Å². The molecule has 35 heavy (non-hydrogen) atoms. The normalized spacial score (nSPS) is 10.8. The quantitative estimate of drug-likeness (QED) is 0.238. The summed E-state index contributed by atoms with van der Waals surface area (Å²) in [6, 6.07) is 16.0. The topological polar surface area (TPSA) is 90.3 Å². The second-order valence-corrected chi connectivity index (χ2v) is 8.34. The van der Waals surface area contributed by atoms with Gasteiger partial charge in [-0.1, -0.05) is 36.0 Å². The van der Waals surface area contributed by atoms with Crippen LogP contribution >= 0.6 is 11.8 Å². The highest BCUT2D eigenvalue weighted by Crippen LogP contribution is 2.23. The number of para-hydroxylation sites is 1. The molecular weight excluding hydrogens is 476 g/mol. The lowest BCUT2D eigenvalue weighted by molar-refractivity contribution is -0.118. The fourth-order valence-electron chi connectivity index (χ4n) is 3.34. The van der Waals surface area contributed by atoms with Gasteiger partial charge < -0.3 is 10.1 Å². The molecule has 1 amide bonds. The number of aromatic nitrogens is 2. The molecule has 0 saturated heterocycles. The highest BCUT2D eigenvalue weighted by molar-refractivity contribution is 7.99. The van der Waals surface area contributed by atoms with Gasteiger partial charge in [-0.05, 0) is 42.0 Å². The Hall–Kier alpha value is -4.05. The van der Waals surface area contributed by atoms with Crippen LogP contribution in [0.25, 0.3) is 16.6 Å². The van der Waals surface area contributed by atoms with Gasteiger partial charge in [-0.15, -0.1) is 0 Å². The number of hydrogen-bond donors (Lipinski definition) is 1. The molecule has 0 aliphatic carbocycles. The van der Waals surface area contributed by atoms with Gasteiger partial charge in [-0.25, -0.2) is 18.6 Å². The fourth-order valence-corrected chi connectivity index (χ4v) is 4.18. The van der Waals surface area contributed by atoms with Crippen molar-refractivity contribution in [2.24, 2.45) is 0 Å². The Balaban J connectivity index is 1.54. The third-order valence-corrected chi connectivity index (χ3v) is 6.03. The van der Waals surface area contributed by atoms with Crippen LogP contribution in [0.5, 0.6) is 0 Å². The van der Waals surface area contributed by atoms with Crippen molar-refractivity contribution in [1.82, 2.24) is 14.9 Å². The number of amides is 1. The molecule has 0 atom stereocenters. The van der Waals surface area contributed by atoms with E-state index >= 15 is 0 Å². The van der Waals surface area contributed by atoms with Crippen LogP contribution < -0.4 is 10.9 Å². The average molecular weight is 496 g/mol. The number of esters is 1. The number of nitrogens with zero attached hydrogens (tertiary/aromatic N) is 2. The molecule has 10 heteroatoms. The van der Waals surface area contributed by atoms with Gasteiger partial charge in [0.1, 0.15) is 11.6 Å².